The van der Waals surface area contributed by atoms with Crippen molar-refractivity contribution in [3.05, 3.63) is 274 Å². The molecule has 2 aliphatic carbocycles. The summed E-state index contributed by atoms with van der Waals surface area (Å²) in [6, 6.07) is 81.0. The molecule has 11 rings (SSSR count). The minimum Gasteiger partial charge on any atom is -0.0622 e. The molecule has 0 aliphatic heterocycles. The minimum atomic E-state index is -0.564. The number of hydrogen-bond acceptors (Lipinski definition) is 0. The van der Waals surface area contributed by atoms with Gasteiger partial charge in [-0.15, -0.1) is 0 Å². The zero-order valence-corrected chi connectivity index (χ0v) is 41.7. The van der Waals surface area contributed by atoms with Crippen LogP contribution in [-0.2, 0) is 28.1 Å². The maximum Gasteiger partial charge on any atom is 0.0716 e. The van der Waals surface area contributed by atoms with Gasteiger partial charge in [0.25, 0.3) is 0 Å². The summed E-state index contributed by atoms with van der Waals surface area (Å²) in [4.78, 5) is 0. The van der Waals surface area contributed by atoms with E-state index in [1.54, 1.807) is 0 Å². The Morgan fingerprint density at radius 2 is 0.986 bits per heavy atom. The third kappa shape index (κ3) is 7.52. The van der Waals surface area contributed by atoms with Crippen molar-refractivity contribution in [3.8, 4) is 44.5 Å². The molecule has 2 unspecified atom stereocenters. The predicted octanol–water partition coefficient (Wildman–Crippen LogP) is 18.0. The molecular formula is C69H64. The third-order valence-corrected chi connectivity index (χ3v) is 15.7. The van der Waals surface area contributed by atoms with Crippen molar-refractivity contribution < 1.29 is 0 Å². The fraction of sp³-hybridized carbons (Fsp3) is 0.217. The molecule has 0 N–H and O–H groups in total. The predicted molar refractivity (Wildman–Crippen MR) is 293 cm³/mol. The Hall–Kier alpha value is -7.02. The lowest BCUT2D eigenvalue weighted by Gasteiger charge is -2.39. The van der Waals surface area contributed by atoms with Gasteiger partial charge in [-0.1, -0.05) is 262 Å². The first kappa shape index (κ1) is 44.5. The van der Waals surface area contributed by atoms with Gasteiger partial charge >= 0.3 is 0 Å². The van der Waals surface area contributed by atoms with Gasteiger partial charge in [-0.05, 0) is 135 Å². The van der Waals surface area contributed by atoms with Gasteiger partial charge in [0.15, 0.2) is 0 Å². The largest absolute Gasteiger partial charge is 0.0716 e. The van der Waals surface area contributed by atoms with Gasteiger partial charge in [-0.25, -0.2) is 0 Å². The Morgan fingerprint density at radius 1 is 0.406 bits per heavy atom. The summed E-state index contributed by atoms with van der Waals surface area (Å²) in [6.07, 6.45) is 1.89. The van der Waals surface area contributed by atoms with E-state index in [1.807, 2.05) is 0 Å². The van der Waals surface area contributed by atoms with Crippen molar-refractivity contribution in [2.24, 2.45) is 0 Å². The molecule has 0 radical (unpaired) electrons. The van der Waals surface area contributed by atoms with Crippen LogP contribution in [0, 0.1) is 0 Å². The van der Waals surface area contributed by atoms with Crippen LogP contribution in [0.4, 0.5) is 0 Å². The first-order valence-electron chi connectivity index (χ1n) is 25.2. The van der Waals surface area contributed by atoms with Crippen molar-refractivity contribution >= 4 is 0 Å². The Kier molecular flexibility index (Phi) is 10.9. The quantitative estimate of drug-likeness (QED) is 0.135. The summed E-state index contributed by atoms with van der Waals surface area (Å²) in [7, 11) is 0. The van der Waals surface area contributed by atoms with E-state index in [9.17, 15) is 0 Å². The molecule has 0 saturated heterocycles. The second-order valence-corrected chi connectivity index (χ2v) is 22.4. The van der Waals surface area contributed by atoms with Gasteiger partial charge in [-0.3, -0.25) is 0 Å². The van der Waals surface area contributed by atoms with Gasteiger partial charge in [-0.2, -0.15) is 0 Å². The summed E-state index contributed by atoms with van der Waals surface area (Å²) in [6.45, 7) is 19.1. The molecule has 0 aromatic heterocycles. The van der Waals surface area contributed by atoms with Crippen LogP contribution < -0.4 is 0 Å². The summed E-state index contributed by atoms with van der Waals surface area (Å²) in [5.74, 6) is 0.167. The molecule has 0 heteroatoms. The first-order chi connectivity index (χ1) is 33.2. The first-order valence-corrected chi connectivity index (χ1v) is 25.2. The van der Waals surface area contributed by atoms with Gasteiger partial charge in [0.2, 0.25) is 0 Å². The van der Waals surface area contributed by atoms with Gasteiger partial charge in [0, 0.05) is 11.3 Å². The van der Waals surface area contributed by atoms with Crippen LogP contribution in [0.25, 0.3) is 44.5 Å². The normalized spacial score (nSPS) is 16.1. The van der Waals surface area contributed by atoms with Crippen LogP contribution in [0.3, 0.4) is 0 Å². The number of hydrogen-bond donors (Lipinski definition) is 0. The molecule has 2 atom stereocenters. The molecule has 69 heavy (non-hydrogen) atoms. The monoisotopic (exact) mass is 893 g/mol. The van der Waals surface area contributed by atoms with Gasteiger partial charge in [0.1, 0.15) is 0 Å². The molecule has 0 saturated carbocycles. The highest BCUT2D eigenvalue weighted by Gasteiger charge is 2.49. The van der Waals surface area contributed by atoms with Crippen LogP contribution in [0.5, 0.6) is 0 Å². The maximum absolute atomic E-state index is 2.61. The second-order valence-electron chi connectivity index (χ2n) is 22.4. The number of rotatable bonds is 9. The van der Waals surface area contributed by atoms with Crippen LogP contribution in [0.15, 0.2) is 212 Å². The molecule has 0 amide bonds. The lowest BCUT2D eigenvalue weighted by atomic mass is 9.63. The standard InChI is InChI=1S/C69H64/c1-66(2,3)53-44-60-59-39-36-46(41-63(59)69(51-28-16-11-17-29-51,65(60)64(45-53)67(4,5)6)52-30-22-27-49(42-52)47-23-12-9-13-24-47)35-38-55(56-32-19-18-31-54(56)48-25-14-10-15-26-48)50-37-40-58-57-33-20-21-34-61(57)68(7,8)62(58)43-50/h9-34,36-37,39-45,55H,35,38H2,1-8H3. The second kappa shape index (κ2) is 16.9. The fourth-order valence-corrected chi connectivity index (χ4v) is 12.2. The number of benzene rings is 9. The van der Waals surface area contributed by atoms with Crippen LogP contribution in [0.1, 0.15) is 129 Å². The fourth-order valence-electron chi connectivity index (χ4n) is 12.2. The van der Waals surface area contributed by atoms with Crippen LogP contribution >= 0.6 is 0 Å². The Labute approximate surface area is 411 Å². The van der Waals surface area contributed by atoms with Crippen LogP contribution in [-0.4, -0.2) is 0 Å². The lowest BCUT2D eigenvalue weighted by molar-refractivity contribution is 0.557. The highest BCUT2D eigenvalue weighted by atomic mass is 14.5. The van der Waals surface area contributed by atoms with E-state index in [4.69, 9.17) is 0 Å². The van der Waals surface area contributed by atoms with Gasteiger partial charge < -0.3 is 0 Å². The molecule has 340 valence electrons. The lowest BCUT2D eigenvalue weighted by Crippen LogP contribution is -2.32. The van der Waals surface area contributed by atoms with E-state index < -0.39 is 5.41 Å². The molecular weight excluding hydrogens is 829 g/mol. The molecule has 9 aromatic rings. The summed E-state index contributed by atoms with van der Waals surface area (Å²) in [5.41, 5.74) is 24.8. The average molecular weight is 893 g/mol. The summed E-state index contributed by atoms with van der Waals surface area (Å²) >= 11 is 0. The molecule has 0 heterocycles. The molecule has 2 aliphatic rings. The summed E-state index contributed by atoms with van der Waals surface area (Å²) in [5, 5.41) is 0. The van der Waals surface area contributed by atoms with Crippen molar-refractivity contribution in [1.82, 2.24) is 0 Å². The number of fused-ring (bicyclic) bond motifs is 6. The Bertz CT molecular complexity index is 3350. The topological polar surface area (TPSA) is 0 Å². The van der Waals surface area contributed by atoms with Crippen molar-refractivity contribution in [2.75, 3.05) is 0 Å². The van der Waals surface area contributed by atoms with Crippen LogP contribution in [0.2, 0.25) is 0 Å². The molecule has 0 spiro atoms. The zero-order chi connectivity index (χ0) is 47.7. The van der Waals surface area contributed by atoms with E-state index in [2.05, 4.69) is 268 Å². The van der Waals surface area contributed by atoms with E-state index >= 15 is 0 Å². The smallest absolute Gasteiger partial charge is 0.0622 e. The van der Waals surface area contributed by atoms with E-state index in [-0.39, 0.29) is 22.2 Å². The summed E-state index contributed by atoms with van der Waals surface area (Å²) < 4.78 is 0. The average Bonchev–Trinajstić information content (AvgIpc) is 3.79. The highest BCUT2D eigenvalue weighted by molar-refractivity contribution is 5.89. The van der Waals surface area contributed by atoms with Crippen molar-refractivity contribution in [1.29, 1.82) is 0 Å². The maximum atomic E-state index is 2.61. The molecule has 9 aromatic carbocycles. The Balaban J connectivity index is 1.11. The molecule has 0 fully saturated rings. The molecule has 0 nitrogen and oxygen atoms in total. The SMILES string of the molecule is CC(C)(C)c1cc2c(c(C(C)(C)C)c1)C(c1ccccc1)(c1cccc(-c3ccccc3)c1)c1cc(CCC(c3ccc4c(c3)C(C)(C)c3ccccc3-4)c3ccccc3-c3ccccc3)ccc1-2. The van der Waals surface area contributed by atoms with Gasteiger partial charge in [0.05, 0.1) is 5.41 Å². The number of aryl methyl sites for hydroxylation is 1. The van der Waals surface area contributed by atoms with Crippen molar-refractivity contribution in [3.63, 3.8) is 0 Å². The van der Waals surface area contributed by atoms with E-state index in [1.165, 1.54) is 106 Å². The third-order valence-electron chi connectivity index (χ3n) is 15.7. The minimum absolute atomic E-state index is 0.0268. The highest BCUT2D eigenvalue weighted by Crippen LogP contribution is 2.60. The molecule has 0 bridgehead atoms. The Morgan fingerprint density at radius 3 is 1.70 bits per heavy atom. The van der Waals surface area contributed by atoms with Crippen molar-refractivity contribution in [2.45, 2.75) is 95.8 Å². The van der Waals surface area contributed by atoms with E-state index in [0.717, 1.165) is 12.8 Å². The zero-order valence-electron chi connectivity index (χ0n) is 41.7. The van der Waals surface area contributed by atoms with E-state index in [0.29, 0.717) is 0 Å².